The number of carbonyl (C=O) groups is 1. The second-order valence-electron chi connectivity index (χ2n) is 8.62. The Kier molecular flexibility index (Phi) is 5.89. The van der Waals surface area contributed by atoms with Gasteiger partial charge in [0.1, 0.15) is 11.3 Å². The number of likely N-dealkylation sites (tertiary alicyclic amines) is 1. The van der Waals surface area contributed by atoms with Crippen molar-refractivity contribution in [2.45, 2.75) is 25.3 Å². The molecule has 0 saturated carbocycles. The summed E-state index contributed by atoms with van der Waals surface area (Å²) < 4.78 is 0. The maximum Gasteiger partial charge on any atom is 0.221 e. The fourth-order valence-corrected chi connectivity index (χ4v) is 4.62. The Morgan fingerprint density at radius 3 is 2.69 bits per heavy atom. The van der Waals surface area contributed by atoms with Gasteiger partial charge in [0.15, 0.2) is 5.65 Å². The van der Waals surface area contributed by atoms with E-state index in [9.17, 15) is 4.79 Å². The highest BCUT2D eigenvalue weighted by Gasteiger charge is 2.20. The van der Waals surface area contributed by atoms with Crippen molar-refractivity contribution in [1.82, 2.24) is 25.2 Å². The van der Waals surface area contributed by atoms with Crippen molar-refractivity contribution in [2.75, 3.05) is 50.0 Å². The van der Waals surface area contributed by atoms with Gasteiger partial charge in [0.25, 0.3) is 0 Å². The number of fused-ring (bicyclic) bond motifs is 1. The summed E-state index contributed by atoms with van der Waals surface area (Å²) in [5, 5.41) is 7.15. The highest BCUT2D eigenvalue weighted by Crippen LogP contribution is 2.32. The molecule has 2 fully saturated rings. The number of nitrogens with one attached hydrogen (secondary N) is 3. The molecule has 168 valence electrons. The van der Waals surface area contributed by atoms with E-state index in [1.807, 2.05) is 0 Å². The molecule has 2 aromatic heterocycles. The predicted octanol–water partition coefficient (Wildman–Crippen LogP) is 3.11. The molecule has 0 atom stereocenters. The minimum atomic E-state index is 0.113. The number of hydrogen-bond acceptors (Lipinski definition) is 6. The van der Waals surface area contributed by atoms with Gasteiger partial charge in [-0.1, -0.05) is 11.6 Å². The number of amides is 1. The molecule has 0 unspecified atom stereocenters. The van der Waals surface area contributed by atoms with Crippen LogP contribution in [-0.2, 0) is 4.79 Å². The largest absolute Gasteiger partial charge is 0.379 e. The molecule has 32 heavy (non-hydrogen) atoms. The van der Waals surface area contributed by atoms with Gasteiger partial charge >= 0.3 is 0 Å². The molecule has 3 aromatic rings. The van der Waals surface area contributed by atoms with E-state index in [1.54, 1.807) is 6.20 Å². The van der Waals surface area contributed by atoms with Crippen molar-refractivity contribution in [3.63, 3.8) is 0 Å². The summed E-state index contributed by atoms with van der Waals surface area (Å²) in [5.74, 6) is 0.877. The van der Waals surface area contributed by atoms with Crippen LogP contribution in [0.1, 0.15) is 19.3 Å². The molecule has 2 saturated heterocycles. The van der Waals surface area contributed by atoms with E-state index in [2.05, 4.69) is 61.7 Å². The van der Waals surface area contributed by atoms with Gasteiger partial charge in [-0.3, -0.25) is 4.79 Å². The zero-order valence-corrected chi connectivity index (χ0v) is 19.0. The van der Waals surface area contributed by atoms with E-state index >= 15 is 0 Å². The molecule has 0 radical (unpaired) electrons. The average molecular weight is 454 g/mol. The van der Waals surface area contributed by atoms with E-state index in [0.717, 1.165) is 67.3 Å². The molecule has 5 rings (SSSR count). The van der Waals surface area contributed by atoms with Crippen molar-refractivity contribution >= 4 is 40.0 Å². The summed E-state index contributed by atoms with van der Waals surface area (Å²) in [6, 6.07) is 8.65. The fraction of sp³-hybridized carbons (Fsp3) is 0.435. The lowest BCUT2D eigenvalue weighted by Crippen LogP contribution is -2.36. The minimum absolute atomic E-state index is 0.113. The highest BCUT2D eigenvalue weighted by molar-refractivity contribution is 6.34. The molecule has 0 bridgehead atoms. The van der Waals surface area contributed by atoms with Crippen LogP contribution in [0.15, 0.2) is 30.5 Å². The van der Waals surface area contributed by atoms with E-state index < -0.39 is 0 Å². The van der Waals surface area contributed by atoms with Gasteiger partial charge in [0.05, 0.1) is 16.9 Å². The zero-order valence-electron chi connectivity index (χ0n) is 18.2. The first kappa shape index (κ1) is 21.0. The molecular weight excluding hydrogens is 426 g/mol. The zero-order chi connectivity index (χ0) is 22.1. The highest BCUT2D eigenvalue weighted by atomic mass is 35.5. The van der Waals surface area contributed by atoms with Gasteiger partial charge in [-0.2, -0.15) is 0 Å². The van der Waals surface area contributed by atoms with Gasteiger partial charge in [0.2, 0.25) is 5.91 Å². The number of carbonyl (C=O) groups excluding carboxylic acids is 1. The summed E-state index contributed by atoms with van der Waals surface area (Å²) in [4.78, 5) is 28.8. The van der Waals surface area contributed by atoms with E-state index in [0.29, 0.717) is 29.7 Å². The number of H-pyrrole nitrogens is 1. The SMILES string of the molecule is CN1CCC(Nc2c(Cl)cnc3nc(-c4ccc(N5CCNC(=O)CC5)cc4)[nH]c23)CC1. The minimum Gasteiger partial charge on any atom is -0.379 e. The molecule has 2 aliphatic heterocycles. The second-order valence-corrected chi connectivity index (χ2v) is 9.03. The average Bonchev–Trinajstić information content (AvgIpc) is 3.12. The first-order valence-corrected chi connectivity index (χ1v) is 11.6. The number of nitrogens with zero attached hydrogens (tertiary/aromatic N) is 4. The number of piperidine rings is 1. The number of imidazole rings is 1. The topological polar surface area (TPSA) is 89.2 Å². The van der Waals surface area contributed by atoms with Crippen LogP contribution in [0.5, 0.6) is 0 Å². The molecule has 8 nitrogen and oxygen atoms in total. The van der Waals surface area contributed by atoms with Gasteiger partial charge in [-0.15, -0.1) is 0 Å². The Morgan fingerprint density at radius 1 is 1.12 bits per heavy atom. The maximum absolute atomic E-state index is 11.6. The van der Waals surface area contributed by atoms with Crippen LogP contribution in [0.25, 0.3) is 22.6 Å². The van der Waals surface area contributed by atoms with Crippen LogP contribution in [-0.4, -0.2) is 71.6 Å². The van der Waals surface area contributed by atoms with Crippen LogP contribution < -0.4 is 15.5 Å². The number of halogens is 1. The van der Waals surface area contributed by atoms with Crippen LogP contribution in [0, 0.1) is 0 Å². The Balaban J connectivity index is 1.38. The van der Waals surface area contributed by atoms with Gasteiger partial charge in [0, 0.05) is 43.3 Å². The molecule has 9 heteroatoms. The van der Waals surface area contributed by atoms with Gasteiger partial charge in [-0.25, -0.2) is 9.97 Å². The predicted molar refractivity (Wildman–Crippen MR) is 128 cm³/mol. The van der Waals surface area contributed by atoms with Gasteiger partial charge < -0.3 is 25.4 Å². The lowest BCUT2D eigenvalue weighted by Gasteiger charge is -2.30. The Labute approximate surface area is 192 Å². The molecule has 1 amide bonds. The number of aromatic nitrogens is 3. The van der Waals surface area contributed by atoms with E-state index in [1.165, 1.54) is 0 Å². The Morgan fingerprint density at radius 2 is 1.91 bits per heavy atom. The lowest BCUT2D eigenvalue weighted by molar-refractivity contribution is -0.120. The third-order valence-electron chi connectivity index (χ3n) is 6.36. The smallest absolute Gasteiger partial charge is 0.221 e. The van der Waals surface area contributed by atoms with Crippen LogP contribution >= 0.6 is 11.6 Å². The van der Waals surface area contributed by atoms with Crippen molar-refractivity contribution in [3.05, 3.63) is 35.5 Å². The van der Waals surface area contributed by atoms with Gasteiger partial charge in [-0.05, 0) is 57.2 Å². The first-order chi connectivity index (χ1) is 15.6. The summed E-state index contributed by atoms with van der Waals surface area (Å²) in [7, 11) is 2.16. The summed E-state index contributed by atoms with van der Waals surface area (Å²) in [5.41, 5.74) is 4.46. The first-order valence-electron chi connectivity index (χ1n) is 11.2. The summed E-state index contributed by atoms with van der Waals surface area (Å²) in [6.07, 6.45) is 4.35. The van der Waals surface area contributed by atoms with Crippen molar-refractivity contribution in [3.8, 4) is 11.4 Å². The van der Waals surface area contributed by atoms with Crippen LogP contribution in [0.2, 0.25) is 5.02 Å². The summed E-state index contributed by atoms with van der Waals surface area (Å²) >= 11 is 6.52. The Hall–Kier alpha value is -2.84. The van der Waals surface area contributed by atoms with Crippen LogP contribution in [0.4, 0.5) is 11.4 Å². The molecule has 4 heterocycles. The van der Waals surface area contributed by atoms with Crippen molar-refractivity contribution < 1.29 is 4.79 Å². The molecule has 1 aromatic carbocycles. The van der Waals surface area contributed by atoms with E-state index in [-0.39, 0.29) is 5.91 Å². The number of pyridine rings is 1. The molecule has 2 aliphatic rings. The normalized spacial score (nSPS) is 18.6. The molecular formula is C23H28ClN7O. The maximum atomic E-state index is 11.6. The molecule has 0 spiro atoms. The third-order valence-corrected chi connectivity index (χ3v) is 6.65. The third kappa shape index (κ3) is 4.38. The quantitative estimate of drug-likeness (QED) is 0.562. The second kappa shape index (κ2) is 8.96. The lowest BCUT2D eigenvalue weighted by atomic mass is 10.1. The monoisotopic (exact) mass is 453 g/mol. The number of anilines is 2. The molecule has 0 aliphatic carbocycles. The number of hydrogen-bond donors (Lipinski definition) is 3. The van der Waals surface area contributed by atoms with E-state index in [4.69, 9.17) is 16.6 Å². The standard InChI is InChI=1S/C23H28ClN7O/c1-30-10-6-16(7-11-30)27-20-18(24)14-26-23-21(20)28-22(29-23)15-2-4-17(5-3-15)31-12-8-19(32)25-9-13-31/h2-5,14,16H,6-13H2,1H3,(H,25,32)(H2,26,27,28,29). The molecule has 3 N–H and O–H groups in total. The van der Waals surface area contributed by atoms with Crippen molar-refractivity contribution in [2.24, 2.45) is 0 Å². The fourth-order valence-electron chi connectivity index (χ4n) is 4.42. The van der Waals surface area contributed by atoms with Crippen LogP contribution in [0.3, 0.4) is 0 Å². The number of aromatic amines is 1. The summed E-state index contributed by atoms with van der Waals surface area (Å²) in [6.45, 7) is 4.36. The number of benzene rings is 1. The number of rotatable bonds is 4. The Bertz CT molecular complexity index is 1110. The van der Waals surface area contributed by atoms with Crippen molar-refractivity contribution in [1.29, 1.82) is 0 Å².